The summed E-state index contributed by atoms with van der Waals surface area (Å²) in [5, 5.41) is 7.64. The zero-order chi connectivity index (χ0) is 26.6. The summed E-state index contributed by atoms with van der Waals surface area (Å²) in [5.74, 6) is -2.68. The quantitative estimate of drug-likeness (QED) is 0.309. The molecule has 0 aliphatic carbocycles. The predicted molar refractivity (Wildman–Crippen MR) is 143 cm³/mol. The van der Waals surface area contributed by atoms with Crippen LogP contribution in [-0.4, -0.2) is 67.1 Å². The van der Waals surface area contributed by atoms with Crippen molar-refractivity contribution in [3.8, 4) is 22.6 Å². The van der Waals surface area contributed by atoms with Crippen LogP contribution in [0.15, 0.2) is 42.9 Å². The molecule has 2 aliphatic rings. The number of imidazole rings is 1. The van der Waals surface area contributed by atoms with E-state index in [1.807, 2.05) is 12.1 Å². The van der Waals surface area contributed by atoms with E-state index in [0.717, 1.165) is 42.7 Å². The first-order valence-corrected chi connectivity index (χ1v) is 13.3. The smallest absolute Gasteiger partial charge is 0.261 e. The van der Waals surface area contributed by atoms with Crippen LogP contribution in [-0.2, 0) is 6.54 Å². The Morgan fingerprint density at radius 3 is 2.72 bits per heavy atom. The number of halogens is 3. The zero-order valence-electron chi connectivity index (χ0n) is 21.2. The van der Waals surface area contributed by atoms with E-state index in [0.29, 0.717) is 52.3 Å². The van der Waals surface area contributed by atoms with Crippen LogP contribution >= 0.6 is 0 Å². The number of H-pyrrole nitrogens is 2. The van der Waals surface area contributed by atoms with Crippen LogP contribution in [0, 0.1) is 5.82 Å². The van der Waals surface area contributed by atoms with Crippen molar-refractivity contribution in [3.05, 3.63) is 54.2 Å². The maximum absolute atomic E-state index is 16.1. The molecule has 0 saturated carbocycles. The summed E-state index contributed by atoms with van der Waals surface area (Å²) in [6.07, 6.45) is 8.34. The van der Waals surface area contributed by atoms with Gasteiger partial charge in [-0.15, -0.1) is 0 Å². The number of fused-ring (bicyclic) bond motifs is 2. The van der Waals surface area contributed by atoms with Gasteiger partial charge in [-0.2, -0.15) is 5.10 Å². The van der Waals surface area contributed by atoms with Crippen molar-refractivity contribution in [2.45, 2.75) is 38.2 Å². The summed E-state index contributed by atoms with van der Waals surface area (Å²) in [6.45, 7) is 2.33. The summed E-state index contributed by atoms with van der Waals surface area (Å²) in [7, 11) is 0. The largest absolute Gasteiger partial charge is 0.370 e. The van der Waals surface area contributed by atoms with Crippen molar-refractivity contribution < 1.29 is 13.2 Å². The molecular formula is C28H27F3N8. The van der Waals surface area contributed by atoms with Gasteiger partial charge >= 0.3 is 0 Å². The van der Waals surface area contributed by atoms with E-state index in [1.54, 1.807) is 35.6 Å². The fourth-order valence-electron chi connectivity index (χ4n) is 5.80. The zero-order valence-corrected chi connectivity index (χ0v) is 21.2. The molecule has 2 saturated heterocycles. The van der Waals surface area contributed by atoms with Gasteiger partial charge < -0.3 is 9.88 Å². The molecule has 11 heteroatoms. The lowest BCUT2D eigenvalue weighted by Crippen LogP contribution is -2.29. The number of aromatic amines is 2. The fraction of sp³-hybridized carbons (Fsp3) is 0.357. The maximum atomic E-state index is 16.1. The van der Waals surface area contributed by atoms with Gasteiger partial charge in [0.25, 0.3) is 5.92 Å². The normalized spacial score (nSPS) is 18.0. The molecule has 1 aromatic carbocycles. The third kappa shape index (κ3) is 4.40. The number of hydrogen-bond donors (Lipinski definition) is 2. The molecule has 2 aliphatic heterocycles. The van der Waals surface area contributed by atoms with Crippen LogP contribution in [0.1, 0.15) is 31.2 Å². The molecule has 0 amide bonds. The molecule has 0 radical (unpaired) electrons. The Hall–Kier alpha value is -3.99. The molecule has 0 bridgehead atoms. The molecule has 2 N–H and O–H groups in total. The van der Waals surface area contributed by atoms with Crippen LogP contribution < -0.4 is 4.90 Å². The molecule has 39 heavy (non-hydrogen) atoms. The minimum atomic E-state index is -2.67. The number of hydrogen-bond acceptors (Lipinski definition) is 6. The Morgan fingerprint density at radius 1 is 1.03 bits per heavy atom. The lowest BCUT2D eigenvalue weighted by atomic mass is 10.0. The highest BCUT2D eigenvalue weighted by molar-refractivity contribution is 5.97. The molecular weight excluding hydrogens is 505 g/mol. The monoisotopic (exact) mass is 532 g/mol. The summed E-state index contributed by atoms with van der Waals surface area (Å²) < 4.78 is 43.4. The van der Waals surface area contributed by atoms with Crippen molar-refractivity contribution in [1.29, 1.82) is 0 Å². The molecule has 4 aromatic heterocycles. The third-order valence-corrected chi connectivity index (χ3v) is 7.72. The first-order valence-electron chi connectivity index (χ1n) is 13.3. The first kappa shape index (κ1) is 24.1. The number of nitrogens with one attached hydrogen (secondary N) is 2. The standard InChI is InChI=1S/C28H27F3N8/c29-23-19(18-12-17(13-32-14-18)15-38-11-7-28(30,31)16-38)4-5-20-22(23)25(37-36-20)27-34-24-21(6-8-33-26(24)35-27)39-9-2-1-3-10-39/h4-6,8,12-14H,1-3,7,9-11,15-16H2,(H,36,37)(H,33,34,35). The number of pyridine rings is 2. The van der Waals surface area contributed by atoms with E-state index in [1.165, 1.54) is 6.42 Å². The highest BCUT2D eigenvalue weighted by atomic mass is 19.3. The molecule has 0 spiro atoms. The Morgan fingerprint density at radius 2 is 1.90 bits per heavy atom. The molecule has 8 nitrogen and oxygen atoms in total. The van der Waals surface area contributed by atoms with Crippen LogP contribution in [0.25, 0.3) is 44.7 Å². The van der Waals surface area contributed by atoms with Gasteiger partial charge in [-0.3, -0.25) is 15.0 Å². The third-order valence-electron chi connectivity index (χ3n) is 7.72. The Kier molecular flexibility index (Phi) is 5.76. The van der Waals surface area contributed by atoms with Gasteiger partial charge in [-0.25, -0.2) is 23.1 Å². The molecule has 200 valence electrons. The van der Waals surface area contributed by atoms with Gasteiger partial charge in [0.2, 0.25) is 0 Å². The van der Waals surface area contributed by atoms with Crippen LogP contribution in [0.3, 0.4) is 0 Å². The van der Waals surface area contributed by atoms with E-state index in [-0.39, 0.29) is 13.0 Å². The van der Waals surface area contributed by atoms with Crippen molar-refractivity contribution in [1.82, 2.24) is 35.0 Å². The van der Waals surface area contributed by atoms with E-state index in [9.17, 15) is 8.78 Å². The maximum Gasteiger partial charge on any atom is 0.261 e. The topological polar surface area (TPSA) is 89.6 Å². The molecule has 5 aromatic rings. The fourth-order valence-corrected chi connectivity index (χ4v) is 5.80. The van der Waals surface area contributed by atoms with E-state index >= 15 is 4.39 Å². The van der Waals surface area contributed by atoms with Crippen LogP contribution in [0.2, 0.25) is 0 Å². The SMILES string of the molecule is Fc1c(-c2cncc(CN3CCC(F)(F)C3)c2)ccc2[nH]nc(-c3nc4nccc(N5CCCCC5)c4[nH]3)c12. The minimum Gasteiger partial charge on any atom is -0.370 e. The number of anilines is 1. The van der Waals surface area contributed by atoms with Gasteiger partial charge in [0.15, 0.2) is 11.5 Å². The number of benzene rings is 1. The second kappa shape index (κ2) is 9.33. The van der Waals surface area contributed by atoms with Gasteiger partial charge in [-0.05, 0) is 49.1 Å². The van der Waals surface area contributed by atoms with Crippen molar-refractivity contribution >= 4 is 27.8 Å². The number of piperidine rings is 1. The Balaban J connectivity index is 1.25. The van der Waals surface area contributed by atoms with Crippen molar-refractivity contribution in [2.75, 3.05) is 31.1 Å². The second-order valence-corrected chi connectivity index (χ2v) is 10.5. The van der Waals surface area contributed by atoms with E-state index in [2.05, 4.69) is 35.0 Å². The van der Waals surface area contributed by atoms with Crippen molar-refractivity contribution in [2.24, 2.45) is 0 Å². The van der Waals surface area contributed by atoms with E-state index in [4.69, 9.17) is 0 Å². The second-order valence-electron chi connectivity index (χ2n) is 10.5. The molecule has 2 fully saturated rings. The molecule has 0 atom stereocenters. The van der Waals surface area contributed by atoms with E-state index < -0.39 is 11.7 Å². The highest BCUT2D eigenvalue weighted by Crippen LogP contribution is 2.35. The highest BCUT2D eigenvalue weighted by Gasteiger charge is 2.38. The number of alkyl halides is 2. The number of likely N-dealkylation sites (tertiary alicyclic amines) is 1. The van der Waals surface area contributed by atoms with Gasteiger partial charge in [0.05, 0.1) is 23.1 Å². The molecule has 0 unspecified atom stereocenters. The van der Waals surface area contributed by atoms with Gasteiger partial charge in [0.1, 0.15) is 17.0 Å². The summed E-state index contributed by atoms with van der Waals surface area (Å²) >= 11 is 0. The number of aromatic nitrogens is 6. The van der Waals surface area contributed by atoms with Crippen LogP contribution in [0.4, 0.5) is 18.9 Å². The van der Waals surface area contributed by atoms with Crippen LogP contribution in [0.5, 0.6) is 0 Å². The first-order chi connectivity index (χ1) is 18.9. The minimum absolute atomic E-state index is 0.147. The summed E-state index contributed by atoms with van der Waals surface area (Å²) in [6, 6.07) is 7.25. The predicted octanol–water partition coefficient (Wildman–Crippen LogP) is 5.53. The lowest BCUT2D eigenvalue weighted by Gasteiger charge is -2.28. The summed E-state index contributed by atoms with van der Waals surface area (Å²) in [4.78, 5) is 20.8. The Bertz CT molecular complexity index is 1670. The van der Waals surface area contributed by atoms with Gasteiger partial charge in [0, 0.05) is 62.3 Å². The average Bonchev–Trinajstić information content (AvgIpc) is 3.65. The lowest BCUT2D eigenvalue weighted by molar-refractivity contribution is 0.0115. The number of rotatable bonds is 5. The van der Waals surface area contributed by atoms with Crippen molar-refractivity contribution in [3.63, 3.8) is 0 Å². The number of nitrogens with zero attached hydrogens (tertiary/aromatic N) is 6. The molecule has 7 rings (SSSR count). The Labute approximate surface area is 222 Å². The van der Waals surface area contributed by atoms with Gasteiger partial charge in [-0.1, -0.05) is 0 Å². The molecule has 6 heterocycles. The summed E-state index contributed by atoms with van der Waals surface area (Å²) in [5.41, 5.74) is 5.01. The average molecular weight is 533 g/mol.